The Hall–Kier alpha value is -4.12. The smallest absolute Gasteiger partial charge is 0.407 e. The number of carbonyl (C=O) groups excluding carboxylic acids is 2. The van der Waals surface area contributed by atoms with Gasteiger partial charge in [-0.2, -0.15) is 0 Å². The van der Waals surface area contributed by atoms with Gasteiger partial charge in [-0.1, -0.05) is 38.1 Å². The zero-order valence-corrected chi connectivity index (χ0v) is 24.3. The van der Waals surface area contributed by atoms with E-state index < -0.39 is 12.1 Å². The van der Waals surface area contributed by atoms with E-state index in [0.29, 0.717) is 6.54 Å². The van der Waals surface area contributed by atoms with E-state index in [4.69, 9.17) is 12.7 Å². The van der Waals surface area contributed by atoms with E-state index in [1.165, 1.54) is 7.11 Å². The van der Waals surface area contributed by atoms with Gasteiger partial charge in [0.1, 0.15) is 17.7 Å². The maximum Gasteiger partial charge on any atom is 0.407 e. The SMILES string of the molecule is [B]N1CCC[C@H]1c1ncc(-c2ccc3cc(-c4cnc([C@@H]5CCCN5C(=O)[C@@H](NC(=O)OC)C(C)C)[nH]4)ccc3c2)[nH]1. The second kappa shape index (κ2) is 11.6. The number of amides is 2. The number of nitrogens with zero attached hydrogens (tertiary/aromatic N) is 4. The first-order chi connectivity index (χ1) is 20.3. The van der Waals surface area contributed by atoms with Gasteiger partial charge in [0.15, 0.2) is 7.98 Å². The van der Waals surface area contributed by atoms with Crippen LogP contribution >= 0.6 is 0 Å². The van der Waals surface area contributed by atoms with Crippen molar-refractivity contribution in [2.75, 3.05) is 20.2 Å². The maximum absolute atomic E-state index is 13.5. The Labute approximate surface area is 246 Å². The van der Waals surface area contributed by atoms with Crippen molar-refractivity contribution in [3.63, 3.8) is 0 Å². The van der Waals surface area contributed by atoms with Gasteiger partial charge in [-0.3, -0.25) is 4.79 Å². The van der Waals surface area contributed by atoms with Gasteiger partial charge in [-0.15, -0.1) is 0 Å². The van der Waals surface area contributed by atoms with Crippen LogP contribution in [0.15, 0.2) is 48.8 Å². The number of fused-ring (bicyclic) bond motifs is 1. The fourth-order valence-corrected chi connectivity index (χ4v) is 6.16. The van der Waals surface area contributed by atoms with Crippen LogP contribution in [0.3, 0.4) is 0 Å². The molecule has 42 heavy (non-hydrogen) atoms. The number of hydrogen-bond donors (Lipinski definition) is 3. The van der Waals surface area contributed by atoms with Crippen LogP contribution in [0.25, 0.3) is 33.3 Å². The highest BCUT2D eigenvalue weighted by Gasteiger charge is 2.37. The summed E-state index contributed by atoms with van der Waals surface area (Å²) in [6.07, 6.45) is 6.88. The molecule has 3 atom stereocenters. The number of nitrogens with one attached hydrogen (secondary N) is 3. The standard InChI is InChI=1S/C31H36BN7O3/c1-18(2)27(37-31(41)42-3)30(40)38-12-4-6-25(38)28-33-16-23(35-28)21-10-8-20-15-22(11-9-19(20)14-21)24-17-34-29(36-24)26-7-5-13-39(26)32/h8-11,14-18,25-27H,4-7,12-13H2,1-3H3,(H,33,35)(H,34,36)(H,37,41)/t25-,26-,27-/m0/s1. The predicted molar refractivity (Wildman–Crippen MR) is 161 cm³/mol. The van der Waals surface area contributed by atoms with Gasteiger partial charge >= 0.3 is 6.09 Å². The molecule has 6 rings (SSSR count). The minimum absolute atomic E-state index is 0.0814. The Balaban J connectivity index is 1.19. The maximum atomic E-state index is 13.5. The van der Waals surface area contributed by atoms with Gasteiger partial charge in [-0.25, -0.2) is 14.8 Å². The number of imidazole rings is 2. The minimum atomic E-state index is -0.663. The molecule has 0 unspecified atom stereocenters. The molecule has 4 aromatic rings. The number of carbonyl (C=O) groups is 2. The molecule has 2 aliphatic rings. The molecular weight excluding hydrogens is 529 g/mol. The fraction of sp³-hybridized carbons (Fsp3) is 0.419. The van der Waals surface area contributed by atoms with Crippen LogP contribution in [0, 0.1) is 5.92 Å². The van der Waals surface area contributed by atoms with Gasteiger partial charge in [-0.05, 0) is 61.1 Å². The third-order valence-electron chi connectivity index (χ3n) is 8.51. The third-order valence-corrected chi connectivity index (χ3v) is 8.51. The van der Waals surface area contributed by atoms with Crippen LogP contribution in [-0.4, -0.2) is 75.9 Å². The number of hydrogen-bond acceptors (Lipinski definition) is 6. The molecule has 2 saturated heterocycles. The second-order valence-corrected chi connectivity index (χ2v) is 11.6. The molecule has 11 heteroatoms. The van der Waals surface area contributed by atoms with Crippen molar-refractivity contribution in [1.29, 1.82) is 0 Å². The summed E-state index contributed by atoms with van der Waals surface area (Å²) < 4.78 is 4.74. The zero-order valence-electron chi connectivity index (χ0n) is 24.3. The monoisotopic (exact) mass is 565 g/mol. The van der Waals surface area contributed by atoms with E-state index in [1.807, 2.05) is 36.0 Å². The summed E-state index contributed by atoms with van der Waals surface area (Å²) in [6, 6.07) is 12.0. The Bertz CT molecular complexity index is 1600. The summed E-state index contributed by atoms with van der Waals surface area (Å²) in [4.78, 5) is 45.2. The lowest BCUT2D eigenvalue weighted by Crippen LogP contribution is -2.51. The average molecular weight is 565 g/mol. The Morgan fingerprint density at radius 2 is 1.50 bits per heavy atom. The number of aromatic amines is 2. The first-order valence-corrected chi connectivity index (χ1v) is 14.6. The highest BCUT2D eigenvalue weighted by molar-refractivity contribution is 6.04. The average Bonchev–Trinajstić information content (AvgIpc) is 3.81. The molecule has 0 saturated carbocycles. The normalized spacial score (nSPS) is 20.0. The first-order valence-electron chi connectivity index (χ1n) is 14.6. The lowest BCUT2D eigenvalue weighted by atomic mass is 10.0. The molecule has 10 nitrogen and oxygen atoms in total. The summed E-state index contributed by atoms with van der Waals surface area (Å²) in [7, 11) is 7.42. The van der Waals surface area contributed by atoms with Crippen molar-refractivity contribution in [2.24, 2.45) is 5.92 Å². The van der Waals surface area contributed by atoms with Crippen molar-refractivity contribution in [3.05, 3.63) is 60.4 Å². The molecule has 2 radical (unpaired) electrons. The van der Waals surface area contributed by atoms with Crippen molar-refractivity contribution in [2.45, 2.75) is 57.7 Å². The van der Waals surface area contributed by atoms with Crippen molar-refractivity contribution >= 4 is 30.8 Å². The number of rotatable bonds is 7. The molecule has 0 bridgehead atoms. The number of aromatic nitrogens is 4. The van der Waals surface area contributed by atoms with Crippen LogP contribution in [0.5, 0.6) is 0 Å². The molecule has 0 aliphatic carbocycles. The second-order valence-electron chi connectivity index (χ2n) is 11.6. The summed E-state index contributed by atoms with van der Waals surface area (Å²) in [6.45, 7) is 5.33. The lowest BCUT2D eigenvalue weighted by Gasteiger charge is -2.30. The molecule has 2 aliphatic heterocycles. The summed E-state index contributed by atoms with van der Waals surface area (Å²) in [5.74, 6) is 1.46. The Kier molecular flexibility index (Phi) is 7.77. The quantitative estimate of drug-likeness (QED) is 0.275. The number of likely N-dealkylation sites (tertiary alicyclic amines) is 1. The van der Waals surface area contributed by atoms with E-state index in [-0.39, 0.29) is 23.9 Å². The van der Waals surface area contributed by atoms with Crippen LogP contribution in [0.1, 0.15) is 63.3 Å². The van der Waals surface area contributed by atoms with E-state index in [2.05, 4.69) is 61.7 Å². The van der Waals surface area contributed by atoms with Crippen LogP contribution in [-0.2, 0) is 9.53 Å². The summed E-state index contributed by atoms with van der Waals surface area (Å²) >= 11 is 0. The molecule has 2 amide bonds. The largest absolute Gasteiger partial charge is 0.453 e. The molecule has 0 spiro atoms. The molecular formula is C31H36BN7O3. The van der Waals surface area contributed by atoms with Gasteiger partial charge in [0.25, 0.3) is 0 Å². The van der Waals surface area contributed by atoms with E-state index in [9.17, 15) is 9.59 Å². The topological polar surface area (TPSA) is 119 Å². The van der Waals surface area contributed by atoms with Gasteiger partial charge in [0.05, 0.1) is 43.0 Å². The molecule has 216 valence electrons. The lowest BCUT2D eigenvalue weighted by molar-refractivity contribution is -0.135. The number of alkyl carbamates (subject to hydrolysis) is 1. The first kappa shape index (κ1) is 28.0. The fourth-order valence-electron chi connectivity index (χ4n) is 6.16. The number of H-pyrrole nitrogens is 2. The predicted octanol–water partition coefficient (Wildman–Crippen LogP) is 4.88. The number of benzene rings is 2. The molecule has 3 N–H and O–H groups in total. The summed E-state index contributed by atoms with van der Waals surface area (Å²) in [5.41, 5.74) is 3.97. The van der Waals surface area contributed by atoms with Crippen LogP contribution in [0.4, 0.5) is 4.79 Å². The number of ether oxygens (including phenoxy) is 1. The van der Waals surface area contributed by atoms with E-state index in [1.54, 1.807) is 0 Å². The van der Waals surface area contributed by atoms with Crippen molar-refractivity contribution in [3.8, 4) is 22.5 Å². The highest BCUT2D eigenvalue weighted by Crippen LogP contribution is 2.34. The van der Waals surface area contributed by atoms with E-state index >= 15 is 0 Å². The molecule has 2 fully saturated rings. The third kappa shape index (κ3) is 5.41. The summed E-state index contributed by atoms with van der Waals surface area (Å²) in [5, 5.41) is 4.93. The van der Waals surface area contributed by atoms with Gasteiger partial charge in [0.2, 0.25) is 5.91 Å². The van der Waals surface area contributed by atoms with Gasteiger partial charge < -0.3 is 29.7 Å². The molecule has 4 heterocycles. The van der Waals surface area contributed by atoms with Gasteiger partial charge in [0, 0.05) is 17.7 Å². The van der Waals surface area contributed by atoms with E-state index in [0.717, 1.165) is 77.2 Å². The Morgan fingerprint density at radius 1 is 0.929 bits per heavy atom. The molecule has 2 aromatic heterocycles. The zero-order chi connectivity index (χ0) is 29.4. The van der Waals surface area contributed by atoms with Crippen molar-refractivity contribution in [1.82, 2.24) is 35.0 Å². The number of methoxy groups -OCH3 is 1. The minimum Gasteiger partial charge on any atom is -0.453 e. The Morgan fingerprint density at radius 3 is 2.05 bits per heavy atom. The van der Waals surface area contributed by atoms with Crippen LogP contribution in [0.2, 0.25) is 0 Å². The van der Waals surface area contributed by atoms with Crippen molar-refractivity contribution < 1.29 is 14.3 Å². The molecule has 2 aromatic carbocycles. The highest BCUT2D eigenvalue weighted by atomic mass is 16.5. The van der Waals surface area contributed by atoms with Crippen LogP contribution < -0.4 is 5.32 Å².